The molecule has 0 radical (unpaired) electrons. The van der Waals surface area contributed by atoms with Crippen LogP contribution in [-0.4, -0.2) is 6.29 Å². The molecule has 20 heavy (non-hydrogen) atoms. The monoisotopic (exact) mass is 305 g/mol. The van der Waals surface area contributed by atoms with Gasteiger partial charge in [0.15, 0.2) is 0 Å². The van der Waals surface area contributed by atoms with E-state index in [2.05, 4.69) is 0 Å². The van der Waals surface area contributed by atoms with Crippen LogP contribution < -0.4 is 4.74 Å². The fourth-order valence-electron chi connectivity index (χ4n) is 1.66. The number of hydrogen-bond acceptors (Lipinski definition) is 3. The van der Waals surface area contributed by atoms with Crippen LogP contribution in [-0.2, 0) is 11.2 Å². The van der Waals surface area contributed by atoms with Gasteiger partial charge in [0.25, 0.3) is 0 Å². The van der Waals surface area contributed by atoms with E-state index in [1.54, 1.807) is 36.4 Å². The predicted octanol–water partition coefficient (Wildman–Crippen LogP) is 4.40. The molecule has 0 heterocycles. The van der Waals surface area contributed by atoms with E-state index >= 15 is 0 Å². The summed E-state index contributed by atoms with van der Waals surface area (Å²) in [5.74, 6) is 0.867. The van der Waals surface area contributed by atoms with Gasteiger partial charge >= 0.3 is 0 Å². The lowest BCUT2D eigenvalue weighted by Gasteiger charge is -2.09. The minimum atomic E-state index is 0.301. The molecule has 0 saturated heterocycles. The van der Waals surface area contributed by atoms with Gasteiger partial charge < -0.3 is 9.53 Å². The van der Waals surface area contributed by atoms with Gasteiger partial charge in [-0.3, -0.25) is 0 Å². The summed E-state index contributed by atoms with van der Waals surface area (Å²) in [6.45, 7) is 0. The molecule has 0 aliphatic carbocycles. The van der Waals surface area contributed by atoms with E-state index in [1.807, 2.05) is 6.07 Å². The zero-order valence-corrected chi connectivity index (χ0v) is 11.8. The molecule has 0 amide bonds. The van der Waals surface area contributed by atoms with Crippen LogP contribution in [0.2, 0.25) is 10.0 Å². The quantitative estimate of drug-likeness (QED) is 0.787. The van der Waals surface area contributed by atoms with E-state index in [-0.39, 0.29) is 0 Å². The number of hydrogen-bond donors (Lipinski definition) is 0. The molecule has 0 spiro atoms. The van der Waals surface area contributed by atoms with Crippen LogP contribution in [0, 0.1) is 11.3 Å². The molecule has 0 N–H and O–H groups in total. The van der Waals surface area contributed by atoms with E-state index in [9.17, 15) is 4.79 Å². The van der Waals surface area contributed by atoms with Crippen LogP contribution in [0.4, 0.5) is 0 Å². The number of benzene rings is 2. The summed E-state index contributed by atoms with van der Waals surface area (Å²) in [5, 5.41) is 9.68. The summed E-state index contributed by atoms with van der Waals surface area (Å²) in [6.07, 6.45) is 1.11. The van der Waals surface area contributed by atoms with Gasteiger partial charge in [-0.25, -0.2) is 0 Å². The minimum absolute atomic E-state index is 0.301. The molecule has 0 unspecified atom stereocenters. The zero-order valence-electron chi connectivity index (χ0n) is 10.3. The van der Waals surface area contributed by atoms with Gasteiger partial charge in [-0.2, -0.15) is 5.26 Å². The van der Waals surface area contributed by atoms with E-state index in [1.165, 1.54) is 0 Å². The largest absolute Gasteiger partial charge is 0.456 e. The van der Waals surface area contributed by atoms with Gasteiger partial charge in [-0.1, -0.05) is 29.3 Å². The first-order chi connectivity index (χ1) is 9.62. The van der Waals surface area contributed by atoms with E-state index in [0.717, 1.165) is 11.8 Å². The van der Waals surface area contributed by atoms with Crippen molar-refractivity contribution in [3.63, 3.8) is 0 Å². The maximum absolute atomic E-state index is 10.4. The highest BCUT2D eigenvalue weighted by molar-refractivity contribution is 6.32. The van der Waals surface area contributed by atoms with Gasteiger partial charge in [0.05, 0.1) is 16.7 Å². The SMILES string of the molecule is N#Cc1cc(Cl)cc(Oc2ccc(CC=O)cc2Cl)c1. The number of aldehydes is 1. The van der Waals surface area contributed by atoms with Gasteiger partial charge in [0.1, 0.15) is 17.8 Å². The summed E-state index contributed by atoms with van der Waals surface area (Å²) in [4.78, 5) is 10.4. The number of ether oxygens (including phenoxy) is 1. The van der Waals surface area contributed by atoms with Crippen molar-refractivity contribution < 1.29 is 9.53 Å². The van der Waals surface area contributed by atoms with Crippen molar-refractivity contribution in [2.24, 2.45) is 0 Å². The Kier molecular flexibility index (Phi) is 4.62. The van der Waals surface area contributed by atoms with Crippen molar-refractivity contribution in [2.45, 2.75) is 6.42 Å². The standard InChI is InChI=1S/C15H9Cl2NO2/c16-12-5-11(9-18)6-13(8-12)20-15-2-1-10(3-4-19)7-14(15)17/h1-2,4-8H,3H2. The average Bonchev–Trinajstić information content (AvgIpc) is 2.41. The van der Waals surface area contributed by atoms with E-state index in [0.29, 0.717) is 33.5 Å². The summed E-state index contributed by atoms with van der Waals surface area (Å²) >= 11 is 12.0. The molecule has 0 fully saturated rings. The molecule has 2 aromatic carbocycles. The van der Waals surface area contributed by atoms with Crippen molar-refractivity contribution in [2.75, 3.05) is 0 Å². The highest BCUT2D eigenvalue weighted by Gasteiger charge is 2.06. The number of carbonyl (C=O) groups is 1. The average molecular weight is 306 g/mol. The molecule has 2 rings (SSSR count). The topological polar surface area (TPSA) is 50.1 Å². The highest BCUT2D eigenvalue weighted by Crippen LogP contribution is 2.32. The molecule has 0 aliphatic heterocycles. The number of rotatable bonds is 4. The van der Waals surface area contributed by atoms with Crippen molar-refractivity contribution in [1.82, 2.24) is 0 Å². The molecule has 0 aromatic heterocycles. The maximum atomic E-state index is 10.4. The normalized spacial score (nSPS) is 9.85. The second kappa shape index (κ2) is 6.42. The Morgan fingerprint density at radius 1 is 1.20 bits per heavy atom. The molecule has 0 saturated carbocycles. The second-order valence-electron chi connectivity index (χ2n) is 4.03. The molecule has 0 aliphatic rings. The van der Waals surface area contributed by atoms with Gasteiger partial charge in [-0.05, 0) is 35.9 Å². The first-order valence-corrected chi connectivity index (χ1v) is 6.48. The predicted molar refractivity (Wildman–Crippen MR) is 77.5 cm³/mol. The Balaban J connectivity index is 2.28. The Bertz CT molecular complexity index is 693. The summed E-state index contributed by atoms with van der Waals surface area (Å²) < 4.78 is 5.61. The van der Waals surface area contributed by atoms with Crippen LogP contribution in [0.1, 0.15) is 11.1 Å². The summed E-state index contributed by atoms with van der Waals surface area (Å²) in [6, 6.07) is 11.8. The van der Waals surface area contributed by atoms with E-state index in [4.69, 9.17) is 33.2 Å². The molecule has 5 heteroatoms. The molecule has 100 valence electrons. The molecule has 3 nitrogen and oxygen atoms in total. The van der Waals surface area contributed by atoms with Crippen LogP contribution in [0.3, 0.4) is 0 Å². The van der Waals surface area contributed by atoms with Crippen LogP contribution in [0.5, 0.6) is 11.5 Å². The summed E-state index contributed by atoms with van der Waals surface area (Å²) in [7, 11) is 0. The highest BCUT2D eigenvalue weighted by atomic mass is 35.5. The lowest BCUT2D eigenvalue weighted by molar-refractivity contribution is -0.107. The van der Waals surface area contributed by atoms with Crippen LogP contribution >= 0.6 is 23.2 Å². The number of halogens is 2. The fraction of sp³-hybridized carbons (Fsp3) is 0.0667. The van der Waals surface area contributed by atoms with Gasteiger partial charge in [-0.15, -0.1) is 0 Å². The lowest BCUT2D eigenvalue weighted by atomic mass is 10.1. The summed E-state index contributed by atoms with van der Waals surface area (Å²) in [5.41, 5.74) is 1.21. The van der Waals surface area contributed by atoms with Crippen LogP contribution in [0.25, 0.3) is 0 Å². The third kappa shape index (κ3) is 3.51. The smallest absolute Gasteiger partial charge is 0.146 e. The number of nitriles is 1. The fourth-order valence-corrected chi connectivity index (χ4v) is 2.13. The molecule has 2 aromatic rings. The molecular weight excluding hydrogens is 297 g/mol. The number of nitrogens with zero attached hydrogens (tertiary/aromatic N) is 1. The first-order valence-electron chi connectivity index (χ1n) is 5.73. The van der Waals surface area contributed by atoms with Gasteiger partial charge in [0, 0.05) is 11.4 Å². The Labute approximate surface area is 126 Å². The molecular formula is C15H9Cl2NO2. The van der Waals surface area contributed by atoms with Crippen molar-refractivity contribution in [1.29, 1.82) is 5.26 Å². The van der Waals surface area contributed by atoms with Crippen molar-refractivity contribution >= 4 is 29.5 Å². The maximum Gasteiger partial charge on any atom is 0.146 e. The molecule has 0 atom stereocenters. The first kappa shape index (κ1) is 14.4. The van der Waals surface area contributed by atoms with Crippen LogP contribution in [0.15, 0.2) is 36.4 Å². The molecule has 0 bridgehead atoms. The van der Waals surface area contributed by atoms with E-state index < -0.39 is 0 Å². The Morgan fingerprint density at radius 3 is 2.65 bits per heavy atom. The number of carbonyl (C=O) groups excluding carboxylic acids is 1. The third-order valence-corrected chi connectivity index (χ3v) is 3.06. The van der Waals surface area contributed by atoms with Gasteiger partial charge in [0.2, 0.25) is 0 Å². The lowest BCUT2D eigenvalue weighted by Crippen LogP contribution is -1.90. The van der Waals surface area contributed by atoms with Crippen molar-refractivity contribution in [3.05, 3.63) is 57.6 Å². The zero-order chi connectivity index (χ0) is 14.5. The second-order valence-corrected chi connectivity index (χ2v) is 4.87. The van der Waals surface area contributed by atoms with Crippen molar-refractivity contribution in [3.8, 4) is 17.6 Å². The minimum Gasteiger partial charge on any atom is -0.456 e. The Morgan fingerprint density at radius 2 is 2.00 bits per heavy atom. The Hall–Kier alpha value is -2.02. The third-order valence-electron chi connectivity index (χ3n) is 2.54.